The van der Waals surface area contributed by atoms with Crippen LogP contribution in [0.5, 0.6) is 0 Å². The Balaban J connectivity index is 1.43. The lowest BCUT2D eigenvalue weighted by Crippen LogP contribution is -2.41. The molecule has 2 aromatic heterocycles. The van der Waals surface area contributed by atoms with Gasteiger partial charge in [-0.25, -0.2) is 0 Å². The van der Waals surface area contributed by atoms with E-state index in [0.717, 1.165) is 29.5 Å². The molecule has 1 aromatic carbocycles. The van der Waals surface area contributed by atoms with E-state index in [-0.39, 0.29) is 11.9 Å². The molecule has 0 radical (unpaired) electrons. The van der Waals surface area contributed by atoms with Gasteiger partial charge >= 0.3 is 0 Å². The van der Waals surface area contributed by atoms with Crippen molar-refractivity contribution in [3.63, 3.8) is 0 Å². The van der Waals surface area contributed by atoms with Gasteiger partial charge in [-0.05, 0) is 32.4 Å². The first-order chi connectivity index (χ1) is 13.5. The third kappa shape index (κ3) is 3.69. The van der Waals surface area contributed by atoms with Crippen LogP contribution in [0.3, 0.4) is 0 Å². The first kappa shape index (κ1) is 18.4. The normalized spacial score (nSPS) is 16.2. The summed E-state index contributed by atoms with van der Waals surface area (Å²) in [5.74, 6) is 1.96. The summed E-state index contributed by atoms with van der Waals surface area (Å²) in [7, 11) is 0. The molecule has 0 saturated carbocycles. The van der Waals surface area contributed by atoms with E-state index in [1.807, 2.05) is 47.7 Å². The van der Waals surface area contributed by atoms with Gasteiger partial charge in [0.05, 0.1) is 18.3 Å². The lowest BCUT2D eigenvalue weighted by molar-refractivity contribution is -0.133. The van der Waals surface area contributed by atoms with E-state index in [1.165, 1.54) is 5.56 Å². The molecule has 0 unspecified atom stereocenters. The van der Waals surface area contributed by atoms with Crippen molar-refractivity contribution in [2.75, 3.05) is 6.54 Å². The molecule has 0 bridgehead atoms. The standard InChI is InChI=1S/C21H26N6O/c1-15-11-16(2)26(24-15)10-9-21(28)25-13-17(3)27-19(22-23-20(27)14-25)12-18-7-5-4-6-8-18/h4-8,11,17H,9-10,12-14H2,1-3H3/t17-/m0/s1. The van der Waals surface area contributed by atoms with E-state index < -0.39 is 0 Å². The second-order valence-electron chi connectivity index (χ2n) is 7.59. The lowest BCUT2D eigenvalue weighted by Gasteiger charge is -2.32. The van der Waals surface area contributed by atoms with Crippen molar-refractivity contribution in [3.8, 4) is 0 Å². The fourth-order valence-electron chi connectivity index (χ4n) is 3.96. The van der Waals surface area contributed by atoms with Crippen LogP contribution in [0.4, 0.5) is 0 Å². The Morgan fingerprint density at radius 2 is 1.96 bits per heavy atom. The van der Waals surface area contributed by atoms with Crippen LogP contribution in [0.15, 0.2) is 36.4 Å². The second-order valence-corrected chi connectivity index (χ2v) is 7.59. The monoisotopic (exact) mass is 378 g/mol. The van der Waals surface area contributed by atoms with Crippen LogP contribution in [-0.2, 0) is 24.3 Å². The Hall–Kier alpha value is -2.96. The van der Waals surface area contributed by atoms with Crippen LogP contribution in [0, 0.1) is 13.8 Å². The number of carbonyl (C=O) groups is 1. The number of fused-ring (bicyclic) bond motifs is 1. The molecule has 1 aliphatic rings. The summed E-state index contributed by atoms with van der Waals surface area (Å²) in [5, 5.41) is 13.2. The van der Waals surface area contributed by atoms with Crippen LogP contribution in [-0.4, -0.2) is 41.9 Å². The molecule has 3 aromatic rings. The molecule has 0 aliphatic carbocycles. The molecule has 1 atom stereocenters. The van der Waals surface area contributed by atoms with Gasteiger partial charge in [-0.1, -0.05) is 30.3 Å². The van der Waals surface area contributed by atoms with Crippen LogP contribution in [0.2, 0.25) is 0 Å². The van der Waals surface area contributed by atoms with Gasteiger partial charge in [0.2, 0.25) is 5.91 Å². The average Bonchev–Trinajstić information content (AvgIpc) is 3.23. The van der Waals surface area contributed by atoms with E-state index in [4.69, 9.17) is 0 Å². The van der Waals surface area contributed by atoms with Crippen molar-refractivity contribution >= 4 is 5.91 Å². The number of hydrogen-bond donors (Lipinski definition) is 0. The molecule has 1 amide bonds. The molecule has 4 rings (SSSR count). The minimum absolute atomic E-state index is 0.137. The Bertz CT molecular complexity index is 974. The number of rotatable bonds is 5. The Morgan fingerprint density at radius 3 is 2.68 bits per heavy atom. The summed E-state index contributed by atoms with van der Waals surface area (Å²) in [4.78, 5) is 14.7. The summed E-state index contributed by atoms with van der Waals surface area (Å²) in [6.07, 6.45) is 1.20. The fourth-order valence-corrected chi connectivity index (χ4v) is 3.96. The van der Waals surface area contributed by atoms with Crippen LogP contribution < -0.4 is 0 Å². The highest BCUT2D eigenvalue weighted by Crippen LogP contribution is 2.23. The van der Waals surface area contributed by atoms with Crippen LogP contribution >= 0.6 is 0 Å². The van der Waals surface area contributed by atoms with Crippen molar-refractivity contribution in [2.45, 2.75) is 52.7 Å². The van der Waals surface area contributed by atoms with Gasteiger partial charge in [0.25, 0.3) is 0 Å². The maximum absolute atomic E-state index is 12.8. The molecule has 1 aliphatic heterocycles. The molecule has 0 fully saturated rings. The van der Waals surface area contributed by atoms with Gasteiger partial charge in [0.15, 0.2) is 5.82 Å². The summed E-state index contributed by atoms with van der Waals surface area (Å²) in [6, 6.07) is 12.5. The topological polar surface area (TPSA) is 68.8 Å². The summed E-state index contributed by atoms with van der Waals surface area (Å²) in [6.45, 7) is 7.92. The zero-order chi connectivity index (χ0) is 19.7. The predicted octanol–water partition coefficient (Wildman–Crippen LogP) is 2.68. The lowest BCUT2D eigenvalue weighted by atomic mass is 10.1. The molecule has 146 valence electrons. The Labute approximate surface area is 165 Å². The summed E-state index contributed by atoms with van der Waals surface area (Å²) >= 11 is 0. The Kier molecular flexibility index (Phi) is 4.98. The van der Waals surface area contributed by atoms with Crippen molar-refractivity contribution in [2.24, 2.45) is 0 Å². The van der Waals surface area contributed by atoms with E-state index in [2.05, 4.69) is 38.9 Å². The quantitative estimate of drug-likeness (QED) is 0.684. The average molecular weight is 378 g/mol. The van der Waals surface area contributed by atoms with Crippen molar-refractivity contribution in [1.82, 2.24) is 29.4 Å². The Morgan fingerprint density at radius 1 is 1.18 bits per heavy atom. The highest BCUT2D eigenvalue weighted by atomic mass is 16.2. The maximum atomic E-state index is 12.8. The minimum atomic E-state index is 0.137. The first-order valence-corrected chi connectivity index (χ1v) is 9.76. The molecule has 0 N–H and O–H groups in total. The number of benzene rings is 1. The molecule has 0 spiro atoms. The van der Waals surface area contributed by atoms with E-state index in [9.17, 15) is 4.79 Å². The third-order valence-electron chi connectivity index (χ3n) is 5.29. The number of carbonyl (C=O) groups excluding carboxylic acids is 1. The highest BCUT2D eigenvalue weighted by molar-refractivity contribution is 5.76. The van der Waals surface area contributed by atoms with Crippen molar-refractivity contribution in [1.29, 1.82) is 0 Å². The first-order valence-electron chi connectivity index (χ1n) is 9.76. The molecular formula is C21H26N6O. The van der Waals surface area contributed by atoms with Gasteiger partial charge in [-0.15, -0.1) is 10.2 Å². The van der Waals surface area contributed by atoms with Gasteiger partial charge < -0.3 is 9.47 Å². The van der Waals surface area contributed by atoms with E-state index in [0.29, 0.717) is 26.1 Å². The highest BCUT2D eigenvalue weighted by Gasteiger charge is 2.29. The number of amides is 1. The maximum Gasteiger partial charge on any atom is 0.224 e. The summed E-state index contributed by atoms with van der Waals surface area (Å²) in [5.41, 5.74) is 3.28. The molecule has 3 heterocycles. The molecule has 7 heteroatoms. The second kappa shape index (κ2) is 7.58. The molecule has 7 nitrogen and oxygen atoms in total. The predicted molar refractivity (Wildman–Crippen MR) is 106 cm³/mol. The van der Waals surface area contributed by atoms with Crippen LogP contribution in [0.25, 0.3) is 0 Å². The molecule has 0 saturated heterocycles. The van der Waals surface area contributed by atoms with E-state index >= 15 is 0 Å². The van der Waals surface area contributed by atoms with Gasteiger partial charge in [-0.2, -0.15) is 5.10 Å². The SMILES string of the molecule is Cc1cc(C)n(CCC(=O)N2Cc3nnc(Cc4ccccc4)n3[C@@H](C)C2)n1. The minimum Gasteiger partial charge on any atom is -0.333 e. The van der Waals surface area contributed by atoms with Crippen molar-refractivity contribution in [3.05, 3.63) is 65.0 Å². The number of hydrogen-bond acceptors (Lipinski definition) is 4. The van der Waals surface area contributed by atoms with Crippen LogP contribution in [0.1, 0.15) is 48.0 Å². The largest absolute Gasteiger partial charge is 0.333 e. The van der Waals surface area contributed by atoms with Gasteiger partial charge in [-0.3, -0.25) is 9.48 Å². The number of aryl methyl sites for hydroxylation is 3. The fraction of sp³-hybridized carbons (Fsp3) is 0.429. The number of nitrogens with zero attached hydrogens (tertiary/aromatic N) is 6. The van der Waals surface area contributed by atoms with Gasteiger partial charge in [0, 0.05) is 31.6 Å². The number of aromatic nitrogens is 5. The van der Waals surface area contributed by atoms with Gasteiger partial charge in [0.1, 0.15) is 5.82 Å². The van der Waals surface area contributed by atoms with E-state index in [1.54, 1.807) is 0 Å². The zero-order valence-electron chi connectivity index (χ0n) is 16.7. The molecular weight excluding hydrogens is 352 g/mol. The smallest absolute Gasteiger partial charge is 0.224 e. The zero-order valence-corrected chi connectivity index (χ0v) is 16.7. The summed E-state index contributed by atoms with van der Waals surface area (Å²) < 4.78 is 4.10. The van der Waals surface area contributed by atoms with Crippen molar-refractivity contribution < 1.29 is 4.79 Å². The molecule has 28 heavy (non-hydrogen) atoms. The third-order valence-corrected chi connectivity index (χ3v) is 5.29.